The van der Waals surface area contributed by atoms with Crippen molar-refractivity contribution >= 4 is 17.6 Å². The van der Waals surface area contributed by atoms with E-state index in [4.69, 9.17) is 27.2 Å². The molecule has 1 rings (SSSR count). The minimum absolute atomic E-state index is 0.0388. The molecule has 4 nitrogen and oxygen atoms in total. The summed E-state index contributed by atoms with van der Waals surface area (Å²) in [6.07, 6.45) is -5.13. The zero-order valence-corrected chi connectivity index (χ0v) is 10.5. The Bertz CT molecular complexity index is 491. The minimum atomic E-state index is -4.65. The van der Waals surface area contributed by atoms with Crippen molar-refractivity contribution in [3.8, 4) is 5.75 Å². The maximum absolute atomic E-state index is 12.9. The largest absolute Gasteiger partial charge is 0.495 e. The van der Waals surface area contributed by atoms with Gasteiger partial charge in [0, 0.05) is 0 Å². The molecule has 0 aliphatic carbocycles. The fourth-order valence-corrected chi connectivity index (χ4v) is 1.77. The number of nitrogens with two attached hydrogens (primary N) is 1. The molecule has 0 spiro atoms. The van der Waals surface area contributed by atoms with E-state index >= 15 is 0 Å². The first-order chi connectivity index (χ1) is 8.66. The van der Waals surface area contributed by atoms with Crippen LogP contribution in [0.5, 0.6) is 5.75 Å². The van der Waals surface area contributed by atoms with Crippen molar-refractivity contribution in [3.05, 3.63) is 28.3 Å². The number of halogens is 4. The summed E-state index contributed by atoms with van der Waals surface area (Å²) < 4.78 is 43.3. The second-order valence-corrected chi connectivity index (χ2v) is 4.20. The highest BCUT2D eigenvalue weighted by Crippen LogP contribution is 2.38. The number of benzene rings is 1. The van der Waals surface area contributed by atoms with Gasteiger partial charge in [0.15, 0.2) is 0 Å². The van der Waals surface area contributed by atoms with Gasteiger partial charge in [0.05, 0.1) is 17.7 Å². The zero-order valence-electron chi connectivity index (χ0n) is 9.79. The molecule has 0 saturated carbocycles. The molecule has 0 bridgehead atoms. The van der Waals surface area contributed by atoms with Gasteiger partial charge >= 0.3 is 12.1 Å². The van der Waals surface area contributed by atoms with Crippen LogP contribution in [0.4, 0.5) is 13.2 Å². The van der Waals surface area contributed by atoms with Crippen molar-refractivity contribution in [1.29, 1.82) is 0 Å². The molecule has 0 radical (unpaired) electrons. The highest BCUT2D eigenvalue weighted by atomic mass is 35.5. The Hall–Kier alpha value is -1.47. The predicted molar refractivity (Wildman–Crippen MR) is 62.3 cm³/mol. The first-order valence-corrected chi connectivity index (χ1v) is 5.46. The van der Waals surface area contributed by atoms with Gasteiger partial charge in [0.25, 0.3) is 0 Å². The third-order valence-corrected chi connectivity index (χ3v) is 2.74. The number of aliphatic carboxylic acids is 1. The normalized spacial score (nSPS) is 13.2. The van der Waals surface area contributed by atoms with Crippen LogP contribution in [0.1, 0.15) is 11.1 Å². The molecule has 1 aromatic rings. The lowest BCUT2D eigenvalue weighted by Crippen LogP contribution is -2.33. The quantitative estimate of drug-likeness (QED) is 0.894. The van der Waals surface area contributed by atoms with E-state index in [-0.39, 0.29) is 16.3 Å². The SMILES string of the molecule is COc1cc(C(F)(F)F)c(CC(N)C(=O)O)cc1Cl. The number of rotatable bonds is 4. The Kier molecular flexibility index (Phi) is 4.65. The Labute approximate surface area is 111 Å². The van der Waals surface area contributed by atoms with Crippen LogP contribution in [-0.2, 0) is 17.4 Å². The van der Waals surface area contributed by atoms with Gasteiger partial charge in [-0.05, 0) is 24.1 Å². The average Bonchev–Trinajstić information content (AvgIpc) is 2.27. The molecule has 8 heteroatoms. The van der Waals surface area contributed by atoms with Gasteiger partial charge in [-0.3, -0.25) is 4.79 Å². The fraction of sp³-hybridized carbons (Fsp3) is 0.364. The number of carboxylic acid groups (broad SMARTS) is 1. The van der Waals surface area contributed by atoms with Crippen LogP contribution in [0.25, 0.3) is 0 Å². The summed E-state index contributed by atoms with van der Waals surface area (Å²) in [4.78, 5) is 10.6. The van der Waals surface area contributed by atoms with Crippen molar-refractivity contribution in [2.24, 2.45) is 5.73 Å². The Morgan fingerprint density at radius 2 is 2.11 bits per heavy atom. The van der Waals surface area contributed by atoms with Crippen molar-refractivity contribution < 1.29 is 27.8 Å². The third-order valence-electron chi connectivity index (χ3n) is 2.44. The summed E-state index contributed by atoms with van der Waals surface area (Å²) in [6, 6.07) is 0.309. The van der Waals surface area contributed by atoms with Gasteiger partial charge < -0.3 is 15.6 Å². The van der Waals surface area contributed by atoms with Gasteiger partial charge in [-0.25, -0.2) is 0 Å². The van der Waals surface area contributed by atoms with Gasteiger partial charge in [-0.15, -0.1) is 0 Å². The molecular weight excluding hydrogens is 287 g/mol. The highest BCUT2D eigenvalue weighted by molar-refractivity contribution is 6.32. The Morgan fingerprint density at radius 1 is 1.53 bits per heavy atom. The Morgan fingerprint density at radius 3 is 2.53 bits per heavy atom. The van der Waals surface area contributed by atoms with Crippen LogP contribution in [0.2, 0.25) is 5.02 Å². The third kappa shape index (κ3) is 3.74. The highest BCUT2D eigenvalue weighted by Gasteiger charge is 2.35. The number of methoxy groups -OCH3 is 1. The minimum Gasteiger partial charge on any atom is -0.495 e. The van der Waals surface area contributed by atoms with Crippen molar-refractivity contribution in [2.75, 3.05) is 7.11 Å². The molecule has 1 atom stereocenters. The summed E-state index contributed by atoms with van der Waals surface area (Å²) in [5.74, 6) is -1.53. The lowest BCUT2D eigenvalue weighted by atomic mass is 9.99. The Balaban J connectivity index is 3.29. The van der Waals surface area contributed by atoms with Gasteiger partial charge in [0.1, 0.15) is 11.8 Å². The summed E-state index contributed by atoms with van der Waals surface area (Å²) in [7, 11) is 1.18. The molecule has 106 valence electrons. The molecule has 1 unspecified atom stereocenters. The number of carboxylic acids is 1. The molecular formula is C11H11ClF3NO3. The van der Waals surface area contributed by atoms with Crippen LogP contribution in [0.15, 0.2) is 12.1 Å². The fourth-order valence-electron chi connectivity index (χ4n) is 1.51. The van der Waals surface area contributed by atoms with Crippen molar-refractivity contribution in [3.63, 3.8) is 0 Å². The van der Waals surface area contributed by atoms with Gasteiger partial charge in [-0.1, -0.05) is 11.6 Å². The summed E-state index contributed by atoms with van der Waals surface area (Å²) >= 11 is 5.73. The smallest absolute Gasteiger partial charge is 0.416 e. The predicted octanol–water partition coefficient (Wildman–Crippen LogP) is 2.32. The average molecular weight is 298 g/mol. The van der Waals surface area contributed by atoms with E-state index in [1.54, 1.807) is 0 Å². The lowest BCUT2D eigenvalue weighted by molar-refractivity contribution is -0.140. The first kappa shape index (κ1) is 15.6. The maximum atomic E-state index is 12.9. The maximum Gasteiger partial charge on any atom is 0.416 e. The van der Waals surface area contributed by atoms with E-state index in [1.807, 2.05) is 0 Å². The zero-order chi connectivity index (χ0) is 14.8. The summed E-state index contributed by atoms with van der Waals surface area (Å²) in [6.45, 7) is 0. The van der Waals surface area contributed by atoms with Gasteiger partial charge in [-0.2, -0.15) is 13.2 Å². The van der Waals surface area contributed by atoms with E-state index < -0.39 is 30.2 Å². The van der Waals surface area contributed by atoms with E-state index in [0.717, 1.165) is 12.1 Å². The van der Waals surface area contributed by atoms with E-state index in [9.17, 15) is 18.0 Å². The summed E-state index contributed by atoms with van der Waals surface area (Å²) in [5.41, 5.74) is 3.95. The molecule has 0 aliphatic heterocycles. The molecule has 0 heterocycles. The number of ether oxygens (including phenoxy) is 1. The van der Waals surface area contributed by atoms with Crippen LogP contribution in [-0.4, -0.2) is 24.2 Å². The first-order valence-electron chi connectivity index (χ1n) is 5.08. The monoisotopic (exact) mass is 297 g/mol. The lowest BCUT2D eigenvalue weighted by Gasteiger charge is -2.16. The van der Waals surface area contributed by atoms with E-state index in [0.29, 0.717) is 0 Å². The number of carbonyl (C=O) groups is 1. The molecule has 0 saturated heterocycles. The van der Waals surface area contributed by atoms with E-state index in [2.05, 4.69) is 0 Å². The number of hydrogen-bond donors (Lipinski definition) is 2. The standard InChI is InChI=1S/C11H11ClF3NO3/c1-19-9-4-6(11(13,14)15)5(2-7(9)12)3-8(16)10(17)18/h2,4,8H,3,16H2,1H3,(H,17,18). The van der Waals surface area contributed by atoms with Crippen LogP contribution < -0.4 is 10.5 Å². The molecule has 1 aromatic carbocycles. The molecule has 3 N–H and O–H groups in total. The molecule has 0 aromatic heterocycles. The van der Waals surface area contributed by atoms with Crippen LogP contribution in [0.3, 0.4) is 0 Å². The van der Waals surface area contributed by atoms with Crippen molar-refractivity contribution in [1.82, 2.24) is 0 Å². The van der Waals surface area contributed by atoms with Crippen LogP contribution in [0, 0.1) is 0 Å². The van der Waals surface area contributed by atoms with Gasteiger partial charge in [0.2, 0.25) is 0 Å². The number of hydrogen-bond acceptors (Lipinski definition) is 3. The molecule has 19 heavy (non-hydrogen) atoms. The second-order valence-electron chi connectivity index (χ2n) is 3.79. The topological polar surface area (TPSA) is 72.5 Å². The second kappa shape index (κ2) is 5.66. The molecule has 0 fully saturated rings. The van der Waals surface area contributed by atoms with Crippen LogP contribution >= 0.6 is 11.6 Å². The molecule has 0 aliphatic rings. The molecule has 0 amide bonds. The van der Waals surface area contributed by atoms with Crippen molar-refractivity contribution in [2.45, 2.75) is 18.6 Å². The summed E-state index contributed by atoms with van der Waals surface area (Å²) in [5, 5.41) is 8.60. The number of alkyl halides is 3. The van der Waals surface area contributed by atoms with E-state index in [1.165, 1.54) is 7.11 Å².